The zero-order valence-electron chi connectivity index (χ0n) is 8.18. The summed E-state index contributed by atoms with van der Waals surface area (Å²) < 4.78 is 0. The molecule has 0 aliphatic heterocycles. The van der Waals surface area contributed by atoms with Gasteiger partial charge in [0.1, 0.15) is 0 Å². The molecule has 13 heavy (non-hydrogen) atoms. The molecule has 2 saturated carbocycles. The molecule has 3 nitrogen and oxygen atoms in total. The minimum absolute atomic E-state index is 0.192. The second kappa shape index (κ2) is 2.98. The summed E-state index contributed by atoms with van der Waals surface area (Å²) in [7, 11) is 0. The van der Waals surface area contributed by atoms with E-state index in [1.165, 1.54) is 0 Å². The number of hydrogen-bond donors (Lipinski definition) is 2. The molecule has 0 aromatic rings. The quantitative estimate of drug-likeness (QED) is 0.673. The van der Waals surface area contributed by atoms with E-state index in [-0.39, 0.29) is 11.3 Å². The van der Waals surface area contributed by atoms with Crippen LogP contribution in [0.25, 0.3) is 0 Å². The fraction of sp³-hybridized carbons (Fsp3) is 0.900. The molecule has 2 unspecified atom stereocenters. The first kappa shape index (κ1) is 9.00. The summed E-state index contributed by atoms with van der Waals surface area (Å²) in [4.78, 5) is 11.8. The summed E-state index contributed by atoms with van der Waals surface area (Å²) in [6, 6.07) is 0.441. The maximum Gasteiger partial charge on any atom is 0.227 e. The van der Waals surface area contributed by atoms with Crippen LogP contribution < -0.4 is 11.1 Å². The fourth-order valence-corrected chi connectivity index (χ4v) is 1.97. The highest BCUT2D eigenvalue weighted by atomic mass is 16.2. The third-order valence-corrected chi connectivity index (χ3v) is 3.61. The van der Waals surface area contributed by atoms with Crippen molar-refractivity contribution >= 4 is 5.91 Å². The van der Waals surface area contributed by atoms with Crippen molar-refractivity contribution in [1.82, 2.24) is 5.32 Å². The summed E-state index contributed by atoms with van der Waals surface area (Å²) in [5.74, 6) is 0.884. The fourth-order valence-electron chi connectivity index (χ4n) is 1.97. The lowest BCUT2D eigenvalue weighted by Crippen LogP contribution is -2.51. The lowest BCUT2D eigenvalue weighted by atomic mass is 9.68. The van der Waals surface area contributed by atoms with Crippen LogP contribution in [0.1, 0.15) is 32.6 Å². The molecule has 2 fully saturated rings. The predicted octanol–water partition coefficient (Wildman–Crippen LogP) is 0.640. The van der Waals surface area contributed by atoms with Crippen LogP contribution in [-0.4, -0.2) is 18.5 Å². The molecule has 0 saturated heterocycles. The van der Waals surface area contributed by atoms with Crippen molar-refractivity contribution in [3.63, 3.8) is 0 Å². The second-order valence-corrected chi connectivity index (χ2v) is 4.63. The Morgan fingerprint density at radius 1 is 1.62 bits per heavy atom. The molecule has 0 aromatic heterocycles. The molecule has 2 atom stereocenters. The van der Waals surface area contributed by atoms with Gasteiger partial charge in [0.2, 0.25) is 5.91 Å². The summed E-state index contributed by atoms with van der Waals surface area (Å²) in [6.07, 6.45) is 4.27. The van der Waals surface area contributed by atoms with Gasteiger partial charge >= 0.3 is 0 Å². The summed E-state index contributed by atoms with van der Waals surface area (Å²) in [5.41, 5.74) is 5.45. The molecule has 74 valence electrons. The predicted molar refractivity (Wildman–Crippen MR) is 51.1 cm³/mol. The Balaban J connectivity index is 1.88. The molecular weight excluding hydrogens is 164 g/mol. The van der Waals surface area contributed by atoms with Gasteiger partial charge in [0.25, 0.3) is 0 Å². The van der Waals surface area contributed by atoms with Crippen LogP contribution in [-0.2, 0) is 4.79 Å². The molecule has 0 aromatic carbocycles. The first-order valence-electron chi connectivity index (χ1n) is 5.19. The summed E-state index contributed by atoms with van der Waals surface area (Å²) in [6.45, 7) is 2.68. The van der Waals surface area contributed by atoms with Crippen molar-refractivity contribution in [2.45, 2.75) is 38.6 Å². The summed E-state index contributed by atoms with van der Waals surface area (Å²) >= 11 is 0. The standard InChI is InChI=1S/C10H18N2O/c1-7-5-8(7)12-9(13)10(6-11)3-2-4-10/h7-8H,2-6,11H2,1H3,(H,12,13). The lowest BCUT2D eigenvalue weighted by Gasteiger charge is -2.39. The first-order chi connectivity index (χ1) is 6.18. The number of nitrogens with two attached hydrogens (primary N) is 1. The Morgan fingerprint density at radius 3 is 2.54 bits per heavy atom. The number of carbonyl (C=O) groups excluding carboxylic acids is 1. The Hall–Kier alpha value is -0.570. The molecule has 0 bridgehead atoms. The maximum absolute atomic E-state index is 11.8. The molecule has 0 radical (unpaired) electrons. The third kappa shape index (κ3) is 1.46. The van der Waals surface area contributed by atoms with E-state index in [1.54, 1.807) is 0 Å². The molecule has 3 N–H and O–H groups in total. The topological polar surface area (TPSA) is 55.1 Å². The van der Waals surface area contributed by atoms with Crippen LogP contribution in [0.3, 0.4) is 0 Å². The van der Waals surface area contributed by atoms with Crippen molar-refractivity contribution in [3.05, 3.63) is 0 Å². The van der Waals surface area contributed by atoms with E-state index in [1.807, 2.05) is 0 Å². The Labute approximate surface area is 79.1 Å². The van der Waals surface area contributed by atoms with Crippen molar-refractivity contribution in [3.8, 4) is 0 Å². The zero-order valence-corrected chi connectivity index (χ0v) is 8.18. The van der Waals surface area contributed by atoms with E-state index in [0.29, 0.717) is 18.5 Å². The molecule has 0 heterocycles. The van der Waals surface area contributed by atoms with Gasteiger partial charge in [-0.05, 0) is 25.2 Å². The van der Waals surface area contributed by atoms with Crippen molar-refractivity contribution in [2.24, 2.45) is 17.1 Å². The van der Waals surface area contributed by atoms with Gasteiger partial charge in [-0.1, -0.05) is 13.3 Å². The van der Waals surface area contributed by atoms with E-state index in [9.17, 15) is 4.79 Å². The van der Waals surface area contributed by atoms with E-state index < -0.39 is 0 Å². The Kier molecular flexibility index (Phi) is 2.06. The smallest absolute Gasteiger partial charge is 0.227 e. The highest BCUT2D eigenvalue weighted by molar-refractivity contribution is 5.84. The number of carbonyl (C=O) groups is 1. The molecule has 2 aliphatic rings. The van der Waals surface area contributed by atoms with Crippen LogP contribution in [0.15, 0.2) is 0 Å². The average Bonchev–Trinajstić information content (AvgIpc) is 2.65. The maximum atomic E-state index is 11.8. The highest BCUT2D eigenvalue weighted by Crippen LogP contribution is 2.41. The van der Waals surface area contributed by atoms with E-state index >= 15 is 0 Å². The minimum Gasteiger partial charge on any atom is -0.353 e. The highest BCUT2D eigenvalue weighted by Gasteiger charge is 2.45. The first-order valence-corrected chi connectivity index (χ1v) is 5.19. The lowest BCUT2D eigenvalue weighted by molar-refractivity contribution is -0.135. The largest absolute Gasteiger partial charge is 0.353 e. The van der Waals surface area contributed by atoms with E-state index in [0.717, 1.165) is 25.7 Å². The number of amides is 1. The molecule has 1 amide bonds. The van der Waals surface area contributed by atoms with Gasteiger partial charge in [-0.25, -0.2) is 0 Å². The van der Waals surface area contributed by atoms with Crippen molar-refractivity contribution in [1.29, 1.82) is 0 Å². The van der Waals surface area contributed by atoms with Crippen molar-refractivity contribution < 1.29 is 4.79 Å². The molecular formula is C10H18N2O. The van der Waals surface area contributed by atoms with E-state index in [4.69, 9.17) is 5.73 Å². The monoisotopic (exact) mass is 182 g/mol. The molecule has 0 spiro atoms. The van der Waals surface area contributed by atoms with Crippen LogP contribution in [0, 0.1) is 11.3 Å². The van der Waals surface area contributed by atoms with Gasteiger partial charge < -0.3 is 11.1 Å². The van der Waals surface area contributed by atoms with Gasteiger partial charge in [-0.15, -0.1) is 0 Å². The number of hydrogen-bond acceptors (Lipinski definition) is 2. The van der Waals surface area contributed by atoms with Crippen molar-refractivity contribution in [2.75, 3.05) is 6.54 Å². The van der Waals surface area contributed by atoms with E-state index in [2.05, 4.69) is 12.2 Å². The molecule has 2 rings (SSSR count). The van der Waals surface area contributed by atoms with Crippen LogP contribution >= 0.6 is 0 Å². The number of rotatable bonds is 3. The van der Waals surface area contributed by atoms with Gasteiger partial charge in [-0.3, -0.25) is 4.79 Å². The summed E-state index contributed by atoms with van der Waals surface area (Å²) in [5, 5.41) is 3.08. The van der Waals surface area contributed by atoms with Gasteiger partial charge in [0.05, 0.1) is 5.41 Å². The zero-order chi connectivity index (χ0) is 9.47. The van der Waals surface area contributed by atoms with Crippen LogP contribution in [0.4, 0.5) is 0 Å². The van der Waals surface area contributed by atoms with Gasteiger partial charge in [0.15, 0.2) is 0 Å². The van der Waals surface area contributed by atoms with Crippen LogP contribution in [0.2, 0.25) is 0 Å². The Morgan fingerprint density at radius 2 is 2.23 bits per heavy atom. The SMILES string of the molecule is CC1CC1NC(=O)C1(CN)CCC1. The number of nitrogens with one attached hydrogen (secondary N) is 1. The second-order valence-electron chi connectivity index (χ2n) is 4.63. The average molecular weight is 182 g/mol. The third-order valence-electron chi connectivity index (χ3n) is 3.61. The molecule has 3 heteroatoms. The van der Waals surface area contributed by atoms with Gasteiger partial charge in [-0.2, -0.15) is 0 Å². The minimum atomic E-state index is -0.192. The van der Waals surface area contributed by atoms with Crippen LogP contribution in [0.5, 0.6) is 0 Å². The normalized spacial score (nSPS) is 34.9. The van der Waals surface area contributed by atoms with Gasteiger partial charge in [0, 0.05) is 12.6 Å². The molecule has 2 aliphatic carbocycles. The Bertz CT molecular complexity index is 217.